The lowest BCUT2D eigenvalue weighted by molar-refractivity contribution is 0.0606. The second kappa shape index (κ2) is 2.82. The fourth-order valence-corrected chi connectivity index (χ4v) is 2.28. The van der Waals surface area contributed by atoms with Gasteiger partial charge in [-0.1, -0.05) is 0 Å². The molecule has 0 spiro atoms. The lowest BCUT2D eigenvalue weighted by atomic mass is 10.2. The van der Waals surface area contributed by atoms with Crippen LogP contribution in [0.4, 0.5) is 0 Å². The Labute approximate surface area is 80.5 Å². The Morgan fingerprint density at radius 2 is 2.31 bits per heavy atom. The number of esters is 1. The average Bonchev–Trinajstić information content (AvgIpc) is 2.72. The van der Waals surface area contributed by atoms with E-state index >= 15 is 0 Å². The highest BCUT2D eigenvalue weighted by Gasteiger charge is 2.41. The molecule has 2 N–H and O–H groups in total. The van der Waals surface area contributed by atoms with E-state index in [1.807, 2.05) is 6.07 Å². The van der Waals surface area contributed by atoms with Crippen LogP contribution in [0.1, 0.15) is 27.4 Å². The van der Waals surface area contributed by atoms with Crippen LogP contribution in [0.15, 0.2) is 12.1 Å². The van der Waals surface area contributed by atoms with Crippen molar-refractivity contribution < 1.29 is 9.53 Å². The lowest BCUT2D eigenvalue weighted by Gasteiger charge is -2.02. The maximum atomic E-state index is 11.1. The van der Waals surface area contributed by atoms with E-state index in [2.05, 4.69) is 4.74 Å². The van der Waals surface area contributed by atoms with Crippen LogP contribution >= 0.6 is 11.3 Å². The first-order chi connectivity index (χ1) is 6.15. The molecule has 3 nitrogen and oxygen atoms in total. The Kier molecular flexibility index (Phi) is 1.89. The van der Waals surface area contributed by atoms with Crippen molar-refractivity contribution >= 4 is 17.3 Å². The van der Waals surface area contributed by atoms with E-state index < -0.39 is 0 Å². The minimum absolute atomic E-state index is 0.142. The second-order valence-corrected chi connectivity index (χ2v) is 4.40. The SMILES string of the molecule is COC(=O)c1ccc(C2(N)CC2)s1. The van der Waals surface area contributed by atoms with Crippen LogP contribution in [-0.2, 0) is 10.3 Å². The maximum Gasteiger partial charge on any atom is 0.348 e. The van der Waals surface area contributed by atoms with Crippen molar-refractivity contribution in [2.45, 2.75) is 18.4 Å². The van der Waals surface area contributed by atoms with Gasteiger partial charge < -0.3 is 10.5 Å². The summed E-state index contributed by atoms with van der Waals surface area (Å²) in [6, 6.07) is 3.70. The number of nitrogens with two attached hydrogens (primary N) is 1. The molecular formula is C9H11NO2S. The Balaban J connectivity index is 2.23. The standard InChI is InChI=1S/C9H11NO2S/c1-12-8(11)6-2-3-7(13-6)9(10)4-5-9/h2-3H,4-5,10H2,1H3. The van der Waals surface area contributed by atoms with Gasteiger partial charge in [0.05, 0.1) is 12.6 Å². The van der Waals surface area contributed by atoms with Gasteiger partial charge in [0, 0.05) is 4.88 Å². The van der Waals surface area contributed by atoms with Gasteiger partial charge in [0.25, 0.3) is 0 Å². The van der Waals surface area contributed by atoms with E-state index in [1.54, 1.807) is 6.07 Å². The van der Waals surface area contributed by atoms with E-state index in [4.69, 9.17) is 5.73 Å². The van der Waals surface area contributed by atoms with Crippen molar-refractivity contribution in [1.82, 2.24) is 0 Å². The van der Waals surface area contributed by atoms with Gasteiger partial charge >= 0.3 is 5.97 Å². The minimum atomic E-state index is -0.277. The predicted molar refractivity (Wildman–Crippen MR) is 50.8 cm³/mol. The summed E-state index contributed by atoms with van der Waals surface area (Å²) < 4.78 is 4.61. The summed E-state index contributed by atoms with van der Waals surface area (Å²) in [5.74, 6) is -0.277. The largest absolute Gasteiger partial charge is 0.465 e. The van der Waals surface area contributed by atoms with Crippen LogP contribution in [0.25, 0.3) is 0 Å². The molecule has 1 aliphatic carbocycles. The van der Waals surface area contributed by atoms with Gasteiger partial charge in [-0.05, 0) is 25.0 Å². The van der Waals surface area contributed by atoms with E-state index in [9.17, 15) is 4.79 Å². The van der Waals surface area contributed by atoms with Crippen LogP contribution < -0.4 is 5.73 Å². The zero-order chi connectivity index (χ0) is 9.47. The van der Waals surface area contributed by atoms with Gasteiger partial charge in [-0.3, -0.25) is 0 Å². The lowest BCUT2D eigenvalue weighted by Crippen LogP contribution is -2.16. The molecule has 1 aromatic heterocycles. The van der Waals surface area contributed by atoms with E-state index in [0.717, 1.165) is 17.7 Å². The normalized spacial score (nSPS) is 18.3. The van der Waals surface area contributed by atoms with Gasteiger partial charge in [-0.25, -0.2) is 4.79 Å². The van der Waals surface area contributed by atoms with Crippen LogP contribution in [0.2, 0.25) is 0 Å². The first-order valence-electron chi connectivity index (χ1n) is 4.13. The summed E-state index contributed by atoms with van der Waals surface area (Å²) >= 11 is 1.44. The number of rotatable bonds is 2. The number of carbonyl (C=O) groups is 1. The Morgan fingerprint density at radius 3 is 2.85 bits per heavy atom. The molecule has 2 rings (SSSR count). The van der Waals surface area contributed by atoms with E-state index in [0.29, 0.717) is 4.88 Å². The summed E-state index contributed by atoms with van der Waals surface area (Å²) in [6.07, 6.45) is 2.04. The third-order valence-corrected chi connectivity index (χ3v) is 3.56. The highest BCUT2D eigenvalue weighted by Crippen LogP contribution is 2.45. The number of carbonyl (C=O) groups excluding carboxylic acids is 1. The summed E-state index contributed by atoms with van der Waals surface area (Å²) in [5, 5.41) is 0. The molecule has 4 heteroatoms. The van der Waals surface area contributed by atoms with Gasteiger partial charge in [-0.15, -0.1) is 11.3 Å². The van der Waals surface area contributed by atoms with Crippen molar-refractivity contribution in [3.63, 3.8) is 0 Å². The molecule has 13 heavy (non-hydrogen) atoms. The quantitative estimate of drug-likeness (QED) is 0.731. The molecule has 0 amide bonds. The highest BCUT2D eigenvalue weighted by molar-refractivity contribution is 7.14. The zero-order valence-electron chi connectivity index (χ0n) is 7.37. The van der Waals surface area contributed by atoms with Crippen molar-refractivity contribution in [3.8, 4) is 0 Å². The number of hydrogen-bond donors (Lipinski definition) is 1. The van der Waals surface area contributed by atoms with Crippen molar-refractivity contribution in [2.75, 3.05) is 7.11 Å². The highest BCUT2D eigenvalue weighted by atomic mass is 32.1. The van der Waals surface area contributed by atoms with Crippen LogP contribution in [0, 0.1) is 0 Å². The van der Waals surface area contributed by atoms with Crippen molar-refractivity contribution in [3.05, 3.63) is 21.9 Å². The number of ether oxygens (including phenoxy) is 1. The summed E-state index contributed by atoms with van der Waals surface area (Å²) in [4.78, 5) is 12.8. The Morgan fingerprint density at radius 1 is 1.62 bits per heavy atom. The molecule has 1 aromatic rings. The molecule has 0 aliphatic heterocycles. The maximum absolute atomic E-state index is 11.1. The van der Waals surface area contributed by atoms with Crippen molar-refractivity contribution in [2.24, 2.45) is 5.73 Å². The fourth-order valence-electron chi connectivity index (χ4n) is 1.20. The Bertz CT molecular complexity index is 341. The first-order valence-corrected chi connectivity index (χ1v) is 4.95. The number of hydrogen-bond acceptors (Lipinski definition) is 4. The molecule has 0 saturated heterocycles. The molecule has 1 heterocycles. The van der Waals surface area contributed by atoms with E-state index in [-0.39, 0.29) is 11.5 Å². The summed E-state index contributed by atoms with van der Waals surface area (Å²) in [6.45, 7) is 0. The fraction of sp³-hybridized carbons (Fsp3) is 0.444. The molecule has 0 bridgehead atoms. The zero-order valence-corrected chi connectivity index (χ0v) is 8.19. The molecule has 0 unspecified atom stereocenters. The smallest absolute Gasteiger partial charge is 0.348 e. The minimum Gasteiger partial charge on any atom is -0.465 e. The molecule has 1 saturated carbocycles. The molecule has 0 radical (unpaired) electrons. The van der Waals surface area contributed by atoms with Gasteiger partial charge in [0.15, 0.2) is 0 Å². The number of thiophene rings is 1. The number of methoxy groups -OCH3 is 1. The first kappa shape index (κ1) is 8.72. The molecule has 1 fully saturated rings. The van der Waals surface area contributed by atoms with Crippen LogP contribution in [-0.4, -0.2) is 13.1 Å². The van der Waals surface area contributed by atoms with Crippen molar-refractivity contribution in [1.29, 1.82) is 0 Å². The summed E-state index contributed by atoms with van der Waals surface area (Å²) in [5.41, 5.74) is 5.84. The second-order valence-electron chi connectivity index (χ2n) is 3.31. The third kappa shape index (κ3) is 1.47. The molecule has 1 aliphatic rings. The molecular weight excluding hydrogens is 186 g/mol. The molecule has 70 valence electrons. The Hall–Kier alpha value is -0.870. The van der Waals surface area contributed by atoms with Gasteiger partial charge in [0.1, 0.15) is 4.88 Å². The molecule has 0 atom stereocenters. The third-order valence-electron chi connectivity index (χ3n) is 2.27. The monoisotopic (exact) mass is 197 g/mol. The van der Waals surface area contributed by atoms with E-state index in [1.165, 1.54) is 18.4 Å². The predicted octanol–water partition coefficient (Wildman–Crippen LogP) is 1.48. The van der Waals surface area contributed by atoms with Crippen LogP contribution in [0.3, 0.4) is 0 Å². The summed E-state index contributed by atoms with van der Waals surface area (Å²) in [7, 11) is 1.39. The van der Waals surface area contributed by atoms with Gasteiger partial charge in [-0.2, -0.15) is 0 Å². The average molecular weight is 197 g/mol. The molecule has 0 aromatic carbocycles. The van der Waals surface area contributed by atoms with Crippen LogP contribution in [0.5, 0.6) is 0 Å². The topological polar surface area (TPSA) is 52.3 Å². The van der Waals surface area contributed by atoms with Gasteiger partial charge in [0.2, 0.25) is 0 Å².